The Kier molecular flexibility index (Phi) is 5.75. The van der Waals surface area contributed by atoms with Gasteiger partial charge < -0.3 is 14.4 Å². The van der Waals surface area contributed by atoms with E-state index in [9.17, 15) is 0 Å². The highest BCUT2D eigenvalue weighted by Crippen LogP contribution is 2.33. The van der Waals surface area contributed by atoms with Crippen LogP contribution in [-0.4, -0.2) is 67.9 Å². The second-order valence-electron chi connectivity index (χ2n) is 7.49. The number of hydrogen-bond donors (Lipinski definition) is 0. The third kappa shape index (κ3) is 4.54. The Morgan fingerprint density at radius 3 is 3.09 bits per heavy atom. The van der Waals surface area contributed by atoms with E-state index in [2.05, 4.69) is 47.5 Å². The molecule has 2 aliphatic rings. The Labute approximate surface area is 144 Å². The molecule has 2 atom stereocenters. The molecule has 0 unspecified atom stereocenters. The van der Waals surface area contributed by atoms with Gasteiger partial charge in [-0.15, -0.1) is 0 Å². The summed E-state index contributed by atoms with van der Waals surface area (Å²) in [7, 11) is 2.21. The fourth-order valence-corrected chi connectivity index (χ4v) is 4.30. The maximum Gasteiger partial charge on any atom is 0.104 e. The molecule has 0 saturated carbocycles. The molecule has 5 heteroatoms. The van der Waals surface area contributed by atoms with Crippen LogP contribution in [0.2, 0.25) is 0 Å². The van der Waals surface area contributed by atoms with Crippen LogP contribution in [0, 0.1) is 5.92 Å². The van der Waals surface area contributed by atoms with Crippen molar-refractivity contribution < 1.29 is 9.47 Å². The Morgan fingerprint density at radius 2 is 2.35 bits per heavy atom. The van der Waals surface area contributed by atoms with Crippen molar-refractivity contribution in [2.24, 2.45) is 5.92 Å². The molecule has 3 rings (SSSR count). The third-order valence-corrected chi connectivity index (χ3v) is 5.86. The number of thiophene rings is 1. The van der Waals surface area contributed by atoms with Crippen molar-refractivity contribution in [3.63, 3.8) is 0 Å². The van der Waals surface area contributed by atoms with Crippen LogP contribution in [0.25, 0.3) is 0 Å². The van der Waals surface area contributed by atoms with Gasteiger partial charge in [0.05, 0.1) is 19.8 Å². The van der Waals surface area contributed by atoms with E-state index >= 15 is 0 Å². The van der Waals surface area contributed by atoms with Crippen LogP contribution in [-0.2, 0) is 16.0 Å². The van der Waals surface area contributed by atoms with Crippen molar-refractivity contribution in [3.05, 3.63) is 22.4 Å². The van der Waals surface area contributed by atoms with E-state index in [4.69, 9.17) is 9.47 Å². The molecule has 1 aromatic heterocycles. The molecular weight excluding hydrogens is 308 g/mol. The lowest BCUT2D eigenvalue weighted by Crippen LogP contribution is -2.44. The van der Waals surface area contributed by atoms with Crippen LogP contribution in [0.15, 0.2) is 16.8 Å². The lowest BCUT2D eigenvalue weighted by atomic mass is 9.93. The summed E-state index contributed by atoms with van der Waals surface area (Å²) in [6.45, 7) is 11.0. The molecule has 23 heavy (non-hydrogen) atoms. The molecule has 3 heterocycles. The predicted octanol–water partition coefficient (Wildman–Crippen LogP) is 2.70. The summed E-state index contributed by atoms with van der Waals surface area (Å²) in [5.41, 5.74) is 1.30. The van der Waals surface area contributed by atoms with Crippen molar-refractivity contribution in [2.75, 3.05) is 46.5 Å². The lowest BCUT2D eigenvalue weighted by molar-refractivity contribution is -0.0563. The van der Waals surface area contributed by atoms with Gasteiger partial charge >= 0.3 is 0 Å². The topological polar surface area (TPSA) is 24.9 Å². The summed E-state index contributed by atoms with van der Waals surface area (Å²) in [4.78, 5) is 4.93. The van der Waals surface area contributed by atoms with Gasteiger partial charge in [-0.05, 0) is 55.6 Å². The normalized spacial score (nSPS) is 29.7. The highest BCUT2D eigenvalue weighted by atomic mass is 32.1. The standard InChI is InChI=1S/C18H30N2O2S/c1-15(2)19(3)9-17-8-18(22-11-17)13-20(5-6-21-14-18)10-16-4-7-23-12-16/h4,7,12,15,17H,5-6,8-11,13-14H2,1-3H3/t17-,18-/m1/s1. The van der Waals surface area contributed by atoms with E-state index in [0.717, 1.165) is 52.4 Å². The van der Waals surface area contributed by atoms with E-state index in [1.807, 2.05) is 0 Å². The van der Waals surface area contributed by atoms with Crippen LogP contribution in [0.4, 0.5) is 0 Å². The quantitative estimate of drug-likeness (QED) is 0.824. The molecule has 130 valence electrons. The molecule has 0 aromatic carbocycles. The van der Waals surface area contributed by atoms with Gasteiger partial charge in [0.25, 0.3) is 0 Å². The zero-order chi connectivity index (χ0) is 16.3. The van der Waals surface area contributed by atoms with Crippen LogP contribution >= 0.6 is 11.3 Å². The molecule has 0 radical (unpaired) electrons. The van der Waals surface area contributed by atoms with Crippen molar-refractivity contribution in [3.8, 4) is 0 Å². The first-order chi connectivity index (χ1) is 11.1. The monoisotopic (exact) mass is 338 g/mol. The summed E-state index contributed by atoms with van der Waals surface area (Å²) in [5.74, 6) is 0.618. The van der Waals surface area contributed by atoms with Gasteiger partial charge in [-0.1, -0.05) is 0 Å². The minimum atomic E-state index is -0.102. The maximum absolute atomic E-state index is 6.31. The third-order valence-electron chi connectivity index (χ3n) is 5.13. The van der Waals surface area contributed by atoms with Crippen molar-refractivity contribution in [1.29, 1.82) is 0 Å². The van der Waals surface area contributed by atoms with Gasteiger partial charge in [-0.3, -0.25) is 4.90 Å². The highest BCUT2D eigenvalue weighted by Gasteiger charge is 2.43. The molecule has 0 N–H and O–H groups in total. The zero-order valence-electron chi connectivity index (χ0n) is 14.7. The SMILES string of the molecule is CC(C)N(C)C[C@@H]1CO[C@]2(COCCN(Cc3ccsc3)C2)C1. The first kappa shape index (κ1) is 17.4. The molecule has 2 saturated heterocycles. The first-order valence-electron chi connectivity index (χ1n) is 8.72. The average molecular weight is 339 g/mol. The second-order valence-corrected chi connectivity index (χ2v) is 8.27. The molecule has 4 nitrogen and oxygen atoms in total. The predicted molar refractivity (Wildman–Crippen MR) is 95.0 cm³/mol. The molecule has 1 aromatic rings. The van der Waals surface area contributed by atoms with Crippen LogP contribution < -0.4 is 0 Å². The molecular formula is C18H30N2O2S. The summed E-state index contributed by atoms with van der Waals surface area (Å²) in [6, 6.07) is 2.81. The Balaban J connectivity index is 1.59. The van der Waals surface area contributed by atoms with Gasteiger partial charge in [-0.25, -0.2) is 0 Å². The van der Waals surface area contributed by atoms with Crippen LogP contribution in [0.3, 0.4) is 0 Å². The van der Waals surface area contributed by atoms with Gasteiger partial charge in [0, 0.05) is 32.2 Å². The van der Waals surface area contributed by atoms with E-state index in [1.165, 1.54) is 5.56 Å². The molecule has 1 spiro atoms. The zero-order valence-corrected chi connectivity index (χ0v) is 15.5. The summed E-state index contributed by atoms with van der Waals surface area (Å²) < 4.78 is 12.2. The largest absolute Gasteiger partial charge is 0.377 e. The summed E-state index contributed by atoms with van der Waals surface area (Å²) in [6.07, 6.45) is 1.12. The Hall–Kier alpha value is -0.460. The number of nitrogens with zero attached hydrogens (tertiary/aromatic N) is 2. The van der Waals surface area contributed by atoms with Gasteiger partial charge in [0.1, 0.15) is 5.60 Å². The Bertz CT molecular complexity index is 479. The van der Waals surface area contributed by atoms with Crippen LogP contribution in [0.5, 0.6) is 0 Å². The molecule has 0 aliphatic carbocycles. The fourth-order valence-electron chi connectivity index (χ4n) is 3.64. The minimum absolute atomic E-state index is 0.102. The number of ether oxygens (including phenoxy) is 2. The van der Waals surface area contributed by atoms with Gasteiger partial charge in [0.2, 0.25) is 0 Å². The van der Waals surface area contributed by atoms with Crippen molar-refractivity contribution in [2.45, 2.75) is 38.5 Å². The van der Waals surface area contributed by atoms with Crippen molar-refractivity contribution in [1.82, 2.24) is 9.80 Å². The molecule has 2 fully saturated rings. The number of rotatable bonds is 5. The van der Waals surface area contributed by atoms with E-state index in [0.29, 0.717) is 12.0 Å². The molecule has 0 amide bonds. The van der Waals surface area contributed by atoms with Crippen LogP contribution in [0.1, 0.15) is 25.8 Å². The summed E-state index contributed by atoms with van der Waals surface area (Å²) >= 11 is 1.77. The highest BCUT2D eigenvalue weighted by molar-refractivity contribution is 7.07. The smallest absolute Gasteiger partial charge is 0.104 e. The van der Waals surface area contributed by atoms with Crippen molar-refractivity contribution >= 4 is 11.3 Å². The maximum atomic E-state index is 6.31. The number of hydrogen-bond acceptors (Lipinski definition) is 5. The Morgan fingerprint density at radius 1 is 1.48 bits per heavy atom. The summed E-state index contributed by atoms with van der Waals surface area (Å²) in [5, 5.41) is 4.40. The van der Waals surface area contributed by atoms with E-state index in [1.54, 1.807) is 11.3 Å². The average Bonchev–Trinajstić information content (AvgIpc) is 3.09. The lowest BCUT2D eigenvalue weighted by Gasteiger charge is -2.31. The molecule has 0 bridgehead atoms. The first-order valence-corrected chi connectivity index (χ1v) is 9.66. The molecule has 2 aliphatic heterocycles. The minimum Gasteiger partial charge on any atom is -0.377 e. The fraction of sp³-hybridized carbons (Fsp3) is 0.778. The van der Waals surface area contributed by atoms with E-state index < -0.39 is 0 Å². The van der Waals surface area contributed by atoms with Gasteiger partial charge in [0.15, 0.2) is 0 Å². The van der Waals surface area contributed by atoms with E-state index in [-0.39, 0.29) is 5.60 Å². The van der Waals surface area contributed by atoms with Gasteiger partial charge in [-0.2, -0.15) is 11.3 Å². The second kappa shape index (κ2) is 7.62.